The molecule has 1 N–H and O–H groups in total. The first kappa shape index (κ1) is 14.6. The van der Waals surface area contributed by atoms with Crippen LogP contribution in [0.25, 0.3) is 0 Å². The van der Waals surface area contributed by atoms with E-state index in [1.807, 2.05) is 6.07 Å². The maximum atomic E-state index is 12.1. The van der Waals surface area contributed by atoms with Crippen LogP contribution in [-0.4, -0.2) is 17.2 Å². The second-order valence-corrected chi connectivity index (χ2v) is 4.56. The average Bonchev–Trinajstić information content (AvgIpc) is 2.79. The number of nitrogens with one attached hydrogen (secondary N) is 1. The molecule has 0 bridgehead atoms. The van der Waals surface area contributed by atoms with Gasteiger partial charge >= 0.3 is 0 Å². The molecule has 0 aliphatic heterocycles. The van der Waals surface area contributed by atoms with Gasteiger partial charge in [-0.25, -0.2) is 0 Å². The minimum absolute atomic E-state index is 0.336. The molecule has 0 saturated carbocycles. The maximum Gasteiger partial charge on any atom is 0.265 e. The van der Waals surface area contributed by atoms with Gasteiger partial charge in [0.15, 0.2) is 11.9 Å². The van der Waals surface area contributed by atoms with Crippen molar-refractivity contribution in [2.45, 2.75) is 26.9 Å². The number of hydrogen-bond acceptors (Lipinski definition) is 5. The minimum Gasteiger partial charge on any atom is -0.480 e. The van der Waals surface area contributed by atoms with Gasteiger partial charge in [0.2, 0.25) is 0 Å². The summed E-state index contributed by atoms with van der Waals surface area (Å²) in [5.74, 6) is 0.573. The van der Waals surface area contributed by atoms with Gasteiger partial charge in [-0.1, -0.05) is 17.3 Å². The van der Waals surface area contributed by atoms with Gasteiger partial charge in [0, 0.05) is 0 Å². The summed E-state index contributed by atoms with van der Waals surface area (Å²) in [6.07, 6.45) is -0.756. The molecule has 6 heteroatoms. The zero-order chi connectivity index (χ0) is 15.4. The Kier molecular flexibility index (Phi) is 4.24. The van der Waals surface area contributed by atoms with E-state index in [0.717, 1.165) is 0 Å². The molecule has 1 atom stereocenters. The lowest BCUT2D eigenvalue weighted by Gasteiger charge is -2.15. The third-order valence-corrected chi connectivity index (χ3v) is 2.96. The summed E-state index contributed by atoms with van der Waals surface area (Å²) in [7, 11) is 0. The predicted octanol–water partition coefficient (Wildman–Crippen LogP) is 2.57. The van der Waals surface area contributed by atoms with Crippen molar-refractivity contribution in [3.63, 3.8) is 0 Å². The van der Waals surface area contributed by atoms with E-state index in [9.17, 15) is 4.79 Å². The number of amides is 1. The van der Waals surface area contributed by atoms with Gasteiger partial charge in [-0.15, -0.1) is 0 Å². The molecule has 1 unspecified atom stereocenters. The van der Waals surface area contributed by atoms with Gasteiger partial charge in [-0.2, -0.15) is 5.26 Å². The largest absolute Gasteiger partial charge is 0.480 e. The zero-order valence-electron chi connectivity index (χ0n) is 12.0. The molecule has 0 aliphatic rings. The topological polar surface area (TPSA) is 88.2 Å². The van der Waals surface area contributed by atoms with Crippen molar-refractivity contribution in [3.05, 3.63) is 41.3 Å². The number of ether oxygens (including phenoxy) is 1. The van der Waals surface area contributed by atoms with Gasteiger partial charge in [0.05, 0.1) is 5.56 Å². The molecule has 2 aromatic rings. The van der Waals surface area contributed by atoms with Crippen LogP contribution >= 0.6 is 0 Å². The molecular weight excluding hydrogens is 270 g/mol. The highest BCUT2D eigenvalue weighted by molar-refractivity contribution is 5.95. The molecule has 1 amide bonds. The Morgan fingerprint density at radius 1 is 1.43 bits per heavy atom. The summed E-state index contributed by atoms with van der Waals surface area (Å²) in [4.78, 5) is 12.1. The number of hydrogen-bond donors (Lipinski definition) is 1. The molecule has 1 heterocycles. The van der Waals surface area contributed by atoms with E-state index in [1.165, 1.54) is 0 Å². The van der Waals surface area contributed by atoms with E-state index >= 15 is 0 Å². The molecule has 6 nitrogen and oxygen atoms in total. The molecule has 0 radical (unpaired) electrons. The second kappa shape index (κ2) is 6.09. The van der Waals surface area contributed by atoms with Crippen molar-refractivity contribution < 1.29 is 14.1 Å². The normalized spacial score (nSPS) is 11.5. The highest BCUT2D eigenvalue weighted by atomic mass is 16.5. The van der Waals surface area contributed by atoms with Crippen molar-refractivity contribution in [1.29, 1.82) is 5.26 Å². The maximum absolute atomic E-state index is 12.1. The number of aryl methyl sites for hydroxylation is 2. The van der Waals surface area contributed by atoms with E-state index in [1.54, 1.807) is 45.0 Å². The zero-order valence-corrected chi connectivity index (χ0v) is 12.0. The Morgan fingerprint density at radius 3 is 2.76 bits per heavy atom. The van der Waals surface area contributed by atoms with Gasteiger partial charge in [0.25, 0.3) is 5.91 Å². The van der Waals surface area contributed by atoms with Crippen LogP contribution in [0.1, 0.15) is 23.9 Å². The molecule has 0 fully saturated rings. The lowest BCUT2D eigenvalue weighted by atomic mass is 10.2. The van der Waals surface area contributed by atoms with Crippen molar-refractivity contribution >= 4 is 11.6 Å². The summed E-state index contributed by atoms with van der Waals surface area (Å²) in [6, 6.07) is 8.79. The first-order valence-electron chi connectivity index (χ1n) is 6.42. The Morgan fingerprint density at radius 2 is 2.14 bits per heavy atom. The smallest absolute Gasteiger partial charge is 0.265 e. The highest BCUT2D eigenvalue weighted by Crippen LogP contribution is 2.21. The summed E-state index contributed by atoms with van der Waals surface area (Å²) >= 11 is 0. The monoisotopic (exact) mass is 285 g/mol. The predicted molar refractivity (Wildman–Crippen MR) is 75.9 cm³/mol. The van der Waals surface area contributed by atoms with Crippen molar-refractivity contribution in [3.8, 4) is 11.8 Å². The fourth-order valence-electron chi connectivity index (χ4n) is 1.79. The molecule has 0 saturated heterocycles. The highest BCUT2D eigenvalue weighted by Gasteiger charge is 2.19. The van der Waals surface area contributed by atoms with E-state index in [4.69, 9.17) is 14.5 Å². The SMILES string of the molecule is Cc1noc(C)c1NC(=O)C(C)Oc1ccccc1C#N. The quantitative estimate of drug-likeness (QED) is 0.932. The van der Waals surface area contributed by atoms with Gasteiger partial charge in [-0.3, -0.25) is 4.79 Å². The van der Waals surface area contributed by atoms with Crippen LogP contribution in [0.4, 0.5) is 5.69 Å². The van der Waals surface area contributed by atoms with Crippen molar-refractivity contribution in [2.24, 2.45) is 0 Å². The molecule has 21 heavy (non-hydrogen) atoms. The Balaban J connectivity index is 2.08. The summed E-state index contributed by atoms with van der Waals surface area (Å²) in [6.45, 7) is 5.07. The molecule has 0 spiro atoms. The van der Waals surface area contributed by atoms with Gasteiger partial charge < -0.3 is 14.6 Å². The van der Waals surface area contributed by atoms with Crippen molar-refractivity contribution in [1.82, 2.24) is 5.16 Å². The number of para-hydroxylation sites is 1. The number of nitriles is 1. The van der Waals surface area contributed by atoms with E-state index in [2.05, 4.69) is 10.5 Å². The lowest BCUT2D eigenvalue weighted by Crippen LogP contribution is -2.30. The summed E-state index contributed by atoms with van der Waals surface area (Å²) < 4.78 is 10.5. The number of rotatable bonds is 4. The van der Waals surface area contributed by atoms with Crippen LogP contribution in [0.3, 0.4) is 0 Å². The number of benzene rings is 1. The average molecular weight is 285 g/mol. The first-order valence-corrected chi connectivity index (χ1v) is 6.42. The molecule has 1 aromatic heterocycles. The number of aromatic nitrogens is 1. The Hall–Kier alpha value is -2.81. The van der Waals surface area contributed by atoms with Gasteiger partial charge in [0.1, 0.15) is 23.2 Å². The third kappa shape index (κ3) is 3.20. The first-order chi connectivity index (χ1) is 10.0. The molecule has 2 rings (SSSR count). The number of anilines is 1. The van der Waals surface area contributed by atoms with E-state index < -0.39 is 6.10 Å². The Bertz CT molecular complexity index is 681. The van der Waals surface area contributed by atoms with Crippen LogP contribution < -0.4 is 10.1 Å². The lowest BCUT2D eigenvalue weighted by molar-refractivity contribution is -0.122. The van der Waals surface area contributed by atoms with Gasteiger partial charge in [-0.05, 0) is 32.9 Å². The van der Waals surface area contributed by atoms with Crippen LogP contribution in [0.15, 0.2) is 28.8 Å². The number of nitrogens with zero attached hydrogens (tertiary/aromatic N) is 2. The van der Waals surface area contributed by atoms with Crippen LogP contribution in [0.5, 0.6) is 5.75 Å². The van der Waals surface area contributed by atoms with E-state index in [-0.39, 0.29) is 5.91 Å². The fraction of sp³-hybridized carbons (Fsp3) is 0.267. The van der Waals surface area contributed by atoms with Crippen LogP contribution in [-0.2, 0) is 4.79 Å². The molecular formula is C15H15N3O3. The standard InChI is InChI=1S/C15H15N3O3/c1-9-14(10(2)21-18-9)17-15(19)11(3)20-13-7-5-4-6-12(13)8-16/h4-7,11H,1-3H3,(H,17,19). The second-order valence-electron chi connectivity index (χ2n) is 4.56. The summed E-state index contributed by atoms with van der Waals surface area (Å²) in [5.41, 5.74) is 1.53. The number of carbonyl (C=O) groups excluding carboxylic acids is 1. The summed E-state index contributed by atoms with van der Waals surface area (Å²) in [5, 5.41) is 15.5. The van der Waals surface area contributed by atoms with Crippen LogP contribution in [0.2, 0.25) is 0 Å². The molecule has 1 aromatic carbocycles. The Labute approximate surface area is 122 Å². The number of carbonyl (C=O) groups is 1. The van der Waals surface area contributed by atoms with Crippen molar-refractivity contribution in [2.75, 3.05) is 5.32 Å². The molecule has 108 valence electrons. The minimum atomic E-state index is -0.756. The fourth-order valence-corrected chi connectivity index (χ4v) is 1.79. The van der Waals surface area contributed by atoms with Crippen LogP contribution in [0, 0.1) is 25.2 Å². The third-order valence-electron chi connectivity index (χ3n) is 2.96. The molecule has 0 aliphatic carbocycles. The van der Waals surface area contributed by atoms with E-state index in [0.29, 0.717) is 28.5 Å².